The number of nitrogens with zero attached hydrogens (tertiary/aromatic N) is 2. The fourth-order valence-corrected chi connectivity index (χ4v) is 3.21. The molecule has 0 saturated carbocycles. The predicted molar refractivity (Wildman–Crippen MR) is 70.5 cm³/mol. The standard InChI is InChI=1S/C15H13FN2O/c16-12-6-3-7-13-11(12)8-17-14-9-4-1-2-5-10(9)15(19)18(13)14/h3,6-7H,1-2,4-5,8H2. The second-order valence-corrected chi connectivity index (χ2v) is 5.18. The molecule has 2 heterocycles. The first-order valence-electron chi connectivity index (χ1n) is 6.66. The molecule has 0 N–H and O–H groups in total. The molecule has 0 unspecified atom stereocenters. The van der Waals surface area contributed by atoms with Gasteiger partial charge in [-0.3, -0.25) is 14.7 Å². The van der Waals surface area contributed by atoms with E-state index in [0.29, 0.717) is 17.8 Å². The Hall–Kier alpha value is -1.97. The number of hydrogen-bond acceptors (Lipinski definition) is 2. The Morgan fingerprint density at radius 2 is 1.95 bits per heavy atom. The number of hydrogen-bond donors (Lipinski definition) is 0. The molecule has 3 aliphatic rings. The number of amides is 1. The summed E-state index contributed by atoms with van der Waals surface area (Å²) < 4.78 is 13.8. The number of benzene rings is 1. The van der Waals surface area contributed by atoms with Crippen LogP contribution in [0.15, 0.2) is 34.3 Å². The highest BCUT2D eigenvalue weighted by atomic mass is 19.1. The Labute approximate surface area is 110 Å². The molecule has 1 amide bonds. The van der Waals surface area contributed by atoms with Gasteiger partial charge in [-0.1, -0.05) is 6.07 Å². The normalized spacial score (nSPS) is 21.0. The second-order valence-electron chi connectivity index (χ2n) is 5.18. The maximum Gasteiger partial charge on any atom is 0.260 e. The van der Waals surface area contributed by atoms with Crippen molar-refractivity contribution in [2.75, 3.05) is 4.90 Å². The van der Waals surface area contributed by atoms with Gasteiger partial charge in [0.05, 0.1) is 12.2 Å². The maximum absolute atomic E-state index is 13.8. The smallest absolute Gasteiger partial charge is 0.260 e. The Morgan fingerprint density at radius 3 is 2.79 bits per heavy atom. The van der Waals surface area contributed by atoms with Gasteiger partial charge in [0, 0.05) is 16.7 Å². The minimum Gasteiger partial charge on any atom is -0.269 e. The summed E-state index contributed by atoms with van der Waals surface area (Å²) in [5.41, 5.74) is 3.18. The number of halogens is 1. The van der Waals surface area contributed by atoms with Gasteiger partial charge >= 0.3 is 0 Å². The van der Waals surface area contributed by atoms with Gasteiger partial charge in [0.15, 0.2) is 0 Å². The molecular weight excluding hydrogens is 243 g/mol. The van der Waals surface area contributed by atoms with Crippen LogP contribution < -0.4 is 4.90 Å². The minimum absolute atomic E-state index is 0.000000000000000222. The van der Waals surface area contributed by atoms with Gasteiger partial charge < -0.3 is 0 Å². The summed E-state index contributed by atoms with van der Waals surface area (Å²) in [6, 6.07) is 4.89. The van der Waals surface area contributed by atoms with E-state index in [0.717, 1.165) is 42.7 Å². The van der Waals surface area contributed by atoms with Gasteiger partial charge in [0.1, 0.15) is 11.7 Å². The van der Waals surface area contributed by atoms with Crippen molar-refractivity contribution in [2.24, 2.45) is 4.99 Å². The summed E-state index contributed by atoms with van der Waals surface area (Å²) in [6.07, 6.45) is 3.91. The molecule has 3 nitrogen and oxygen atoms in total. The summed E-state index contributed by atoms with van der Waals surface area (Å²) in [4.78, 5) is 18.6. The zero-order valence-electron chi connectivity index (χ0n) is 10.4. The van der Waals surface area contributed by atoms with E-state index in [2.05, 4.69) is 4.99 Å². The lowest BCUT2D eigenvalue weighted by Gasteiger charge is -2.25. The number of fused-ring (bicyclic) bond motifs is 4. The molecule has 0 bridgehead atoms. The van der Waals surface area contributed by atoms with Crippen LogP contribution in [0.25, 0.3) is 0 Å². The Balaban J connectivity index is 1.89. The molecule has 96 valence electrons. The van der Waals surface area contributed by atoms with Crippen LogP contribution in [-0.4, -0.2) is 11.7 Å². The number of carbonyl (C=O) groups excluding carboxylic acids is 1. The lowest BCUT2D eigenvalue weighted by molar-refractivity contribution is -0.114. The third-order valence-corrected chi connectivity index (χ3v) is 4.13. The van der Waals surface area contributed by atoms with Crippen molar-refractivity contribution in [3.8, 4) is 0 Å². The van der Waals surface area contributed by atoms with Gasteiger partial charge in [-0.25, -0.2) is 4.39 Å². The maximum atomic E-state index is 13.8. The van der Waals surface area contributed by atoms with Crippen LogP contribution in [0, 0.1) is 5.82 Å². The molecule has 4 heteroatoms. The predicted octanol–water partition coefficient (Wildman–Crippen LogP) is 2.96. The van der Waals surface area contributed by atoms with Crippen molar-refractivity contribution in [1.29, 1.82) is 0 Å². The van der Waals surface area contributed by atoms with Crippen LogP contribution in [0.3, 0.4) is 0 Å². The quantitative estimate of drug-likeness (QED) is 0.702. The summed E-state index contributed by atoms with van der Waals surface area (Å²) in [6.45, 7) is 0.331. The van der Waals surface area contributed by atoms with Crippen LogP contribution in [-0.2, 0) is 11.3 Å². The molecular formula is C15H13FN2O. The van der Waals surface area contributed by atoms with Crippen LogP contribution in [0.2, 0.25) is 0 Å². The average Bonchev–Trinajstić information content (AvgIpc) is 2.74. The molecule has 0 spiro atoms. The zero-order chi connectivity index (χ0) is 13.0. The first-order chi connectivity index (χ1) is 9.27. The largest absolute Gasteiger partial charge is 0.269 e. The lowest BCUT2D eigenvalue weighted by atomic mass is 9.93. The number of carbonyl (C=O) groups is 1. The molecule has 0 aromatic heterocycles. The first-order valence-corrected chi connectivity index (χ1v) is 6.66. The Morgan fingerprint density at radius 1 is 1.16 bits per heavy atom. The third kappa shape index (κ3) is 1.37. The van der Waals surface area contributed by atoms with Crippen molar-refractivity contribution in [1.82, 2.24) is 0 Å². The van der Waals surface area contributed by atoms with Crippen LogP contribution in [0.5, 0.6) is 0 Å². The molecule has 0 saturated heterocycles. The lowest BCUT2D eigenvalue weighted by Crippen LogP contribution is -2.35. The Kier molecular flexibility index (Phi) is 2.16. The third-order valence-electron chi connectivity index (χ3n) is 4.13. The van der Waals surface area contributed by atoms with E-state index in [1.165, 1.54) is 6.07 Å². The van der Waals surface area contributed by atoms with Gasteiger partial charge in [0.2, 0.25) is 0 Å². The van der Waals surface area contributed by atoms with Crippen LogP contribution >= 0.6 is 0 Å². The monoisotopic (exact) mass is 256 g/mol. The molecule has 1 aromatic carbocycles. The van der Waals surface area contributed by atoms with E-state index in [9.17, 15) is 9.18 Å². The fourth-order valence-electron chi connectivity index (χ4n) is 3.21. The summed E-state index contributed by atoms with van der Waals surface area (Å²) in [7, 11) is 0. The van der Waals surface area contributed by atoms with E-state index in [1.807, 2.05) is 6.07 Å². The summed E-state index contributed by atoms with van der Waals surface area (Å²) in [5, 5.41) is 0. The molecule has 2 aliphatic heterocycles. The highest BCUT2D eigenvalue weighted by Gasteiger charge is 2.40. The minimum atomic E-state index is -0.280. The molecule has 0 atom stereocenters. The number of anilines is 1. The van der Waals surface area contributed by atoms with E-state index < -0.39 is 0 Å². The van der Waals surface area contributed by atoms with Crippen molar-refractivity contribution < 1.29 is 9.18 Å². The van der Waals surface area contributed by atoms with Gasteiger partial charge in [-0.15, -0.1) is 0 Å². The Bertz CT molecular complexity index is 660. The van der Waals surface area contributed by atoms with Crippen LogP contribution in [0.4, 0.5) is 10.1 Å². The molecule has 1 aliphatic carbocycles. The molecule has 4 rings (SSSR count). The number of amidine groups is 1. The first kappa shape index (κ1) is 10.9. The van der Waals surface area contributed by atoms with E-state index >= 15 is 0 Å². The second kappa shape index (κ2) is 3.76. The summed E-state index contributed by atoms with van der Waals surface area (Å²) >= 11 is 0. The van der Waals surface area contributed by atoms with Gasteiger partial charge in [0.25, 0.3) is 5.91 Å². The van der Waals surface area contributed by atoms with E-state index in [1.54, 1.807) is 11.0 Å². The number of rotatable bonds is 0. The summed E-state index contributed by atoms with van der Waals surface area (Å²) in [5.74, 6) is 0.482. The molecule has 0 fully saturated rings. The highest BCUT2D eigenvalue weighted by Crippen LogP contribution is 2.40. The zero-order valence-corrected chi connectivity index (χ0v) is 10.4. The highest BCUT2D eigenvalue weighted by molar-refractivity contribution is 6.35. The molecule has 0 radical (unpaired) electrons. The van der Waals surface area contributed by atoms with Crippen molar-refractivity contribution in [3.05, 3.63) is 40.7 Å². The van der Waals surface area contributed by atoms with Crippen LogP contribution in [0.1, 0.15) is 31.2 Å². The van der Waals surface area contributed by atoms with Gasteiger partial charge in [-0.05, 0) is 37.8 Å². The van der Waals surface area contributed by atoms with E-state index in [4.69, 9.17) is 0 Å². The van der Waals surface area contributed by atoms with Crippen molar-refractivity contribution in [2.45, 2.75) is 32.2 Å². The SMILES string of the molecule is O=C1C2=C(CCCC2)C2=NCc3c(F)cccc3N12. The topological polar surface area (TPSA) is 32.7 Å². The molecule has 1 aromatic rings. The fraction of sp³-hybridized carbons (Fsp3) is 0.333. The average molecular weight is 256 g/mol. The van der Waals surface area contributed by atoms with Crippen molar-refractivity contribution >= 4 is 17.4 Å². The van der Waals surface area contributed by atoms with Gasteiger partial charge in [-0.2, -0.15) is 0 Å². The van der Waals surface area contributed by atoms with Crippen molar-refractivity contribution in [3.63, 3.8) is 0 Å². The molecule has 19 heavy (non-hydrogen) atoms. The number of aliphatic imine (C=N–C) groups is 1. The van der Waals surface area contributed by atoms with E-state index in [-0.39, 0.29) is 11.7 Å².